The van der Waals surface area contributed by atoms with Gasteiger partial charge < -0.3 is 24.2 Å². The third kappa shape index (κ3) is 4.41. The molecule has 7 heteroatoms. The molecule has 0 bridgehead atoms. The first-order valence-electron chi connectivity index (χ1n) is 9.99. The van der Waals surface area contributed by atoms with Crippen LogP contribution in [0.15, 0.2) is 48.0 Å². The van der Waals surface area contributed by atoms with Gasteiger partial charge in [-0.05, 0) is 54.8 Å². The first kappa shape index (κ1) is 22.4. The number of ether oxygens (including phenoxy) is 3. The van der Waals surface area contributed by atoms with Crippen molar-refractivity contribution in [3.8, 4) is 11.5 Å². The van der Waals surface area contributed by atoms with Crippen LogP contribution in [0.3, 0.4) is 0 Å². The van der Waals surface area contributed by atoms with Crippen LogP contribution in [0.1, 0.15) is 29.2 Å². The van der Waals surface area contributed by atoms with Crippen molar-refractivity contribution in [3.63, 3.8) is 0 Å². The number of carbonyl (C=O) groups excluding carboxylic acids is 2. The van der Waals surface area contributed by atoms with Crippen LogP contribution in [0.2, 0.25) is 0 Å². The Hall–Kier alpha value is -3.32. The molecular weight excluding hydrogens is 398 g/mol. The monoisotopic (exact) mass is 425 g/mol. The average molecular weight is 425 g/mol. The highest BCUT2D eigenvalue weighted by Crippen LogP contribution is 2.40. The van der Waals surface area contributed by atoms with Crippen LogP contribution in [0.4, 0.5) is 0 Å². The normalized spacial score (nSPS) is 17.8. The van der Waals surface area contributed by atoms with Gasteiger partial charge in [-0.15, -0.1) is 0 Å². The van der Waals surface area contributed by atoms with Gasteiger partial charge in [-0.2, -0.15) is 0 Å². The van der Waals surface area contributed by atoms with Gasteiger partial charge in [-0.1, -0.05) is 12.1 Å². The Balaban J connectivity index is 2.11. The Bertz CT molecular complexity index is 996. The third-order valence-corrected chi connectivity index (χ3v) is 5.39. The number of carbonyl (C=O) groups is 2. The van der Waals surface area contributed by atoms with Crippen LogP contribution < -0.4 is 9.47 Å². The van der Waals surface area contributed by atoms with Gasteiger partial charge in [0.2, 0.25) is 0 Å². The second-order valence-corrected chi connectivity index (χ2v) is 7.30. The van der Waals surface area contributed by atoms with Crippen molar-refractivity contribution in [2.24, 2.45) is 0 Å². The summed E-state index contributed by atoms with van der Waals surface area (Å²) < 4.78 is 15.6. The number of rotatable bonds is 8. The van der Waals surface area contributed by atoms with Gasteiger partial charge in [-0.3, -0.25) is 9.59 Å². The molecule has 1 heterocycles. The lowest BCUT2D eigenvalue weighted by Gasteiger charge is -2.25. The van der Waals surface area contributed by atoms with Crippen molar-refractivity contribution >= 4 is 17.4 Å². The summed E-state index contributed by atoms with van der Waals surface area (Å²) in [5.74, 6) is -0.221. The summed E-state index contributed by atoms with van der Waals surface area (Å²) in [6.07, 6.45) is 0.567. The molecule has 1 fully saturated rings. The van der Waals surface area contributed by atoms with E-state index in [1.54, 1.807) is 63.8 Å². The largest absolute Gasteiger partial charge is 0.507 e. The van der Waals surface area contributed by atoms with E-state index in [-0.39, 0.29) is 11.3 Å². The highest BCUT2D eigenvalue weighted by Gasteiger charge is 2.45. The number of aryl methyl sites for hydroxylation is 1. The molecule has 1 N–H and O–H groups in total. The Labute approximate surface area is 181 Å². The fourth-order valence-corrected chi connectivity index (χ4v) is 3.80. The number of aliphatic hydroxyl groups excluding tert-OH is 1. The summed E-state index contributed by atoms with van der Waals surface area (Å²) in [6, 6.07) is 11.6. The second-order valence-electron chi connectivity index (χ2n) is 7.30. The smallest absolute Gasteiger partial charge is 0.295 e. The summed E-state index contributed by atoms with van der Waals surface area (Å²) in [4.78, 5) is 27.3. The number of hydrogen-bond acceptors (Lipinski definition) is 6. The maximum absolute atomic E-state index is 13.0. The molecule has 1 atom stereocenters. The third-order valence-electron chi connectivity index (χ3n) is 5.39. The van der Waals surface area contributed by atoms with Crippen molar-refractivity contribution in [2.75, 3.05) is 34.5 Å². The standard InChI is InChI=1S/C24H27NO6/c1-15-14-17(8-11-19(15)31-4)22(26)20-21(16-6-9-18(30-3)10-7-16)25(12-5-13-29-2)24(28)23(20)27/h6-11,14,21,26H,5,12-13H2,1-4H3. The number of likely N-dealkylation sites (tertiary alicyclic amines) is 1. The summed E-state index contributed by atoms with van der Waals surface area (Å²) >= 11 is 0. The van der Waals surface area contributed by atoms with Crippen LogP contribution in [0, 0.1) is 6.92 Å². The SMILES string of the molecule is COCCCN1C(=O)C(=O)C(=C(O)c2ccc(OC)c(C)c2)C1c1ccc(OC)cc1. The molecule has 0 aromatic heterocycles. The topological polar surface area (TPSA) is 85.3 Å². The van der Waals surface area contributed by atoms with E-state index in [0.717, 1.165) is 5.56 Å². The quantitative estimate of drug-likeness (QED) is 0.302. The first-order chi connectivity index (χ1) is 14.9. The molecule has 3 rings (SSSR count). The molecule has 1 unspecified atom stereocenters. The van der Waals surface area contributed by atoms with Gasteiger partial charge in [0.1, 0.15) is 17.3 Å². The van der Waals surface area contributed by atoms with E-state index in [1.807, 2.05) is 6.92 Å². The van der Waals surface area contributed by atoms with Gasteiger partial charge in [0.25, 0.3) is 11.7 Å². The highest BCUT2D eigenvalue weighted by molar-refractivity contribution is 6.46. The molecule has 1 aliphatic heterocycles. The van der Waals surface area contributed by atoms with E-state index in [2.05, 4.69) is 0 Å². The minimum atomic E-state index is -0.704. The summed E-state index contributed by atoms with van der Waals surface area (Å²) in [5.41, 5.74) is 2.04. The summed E-state index contributed by atoms with van der Waals surface area (Å²) in [6.45, 7) is 2.63. The Kier molecular flexibility index (Phi) is 6.97. The lowest BCUT2D eigenvalue weighted by atomic mass is 9.94. The second kappa shape index (κ2) is 9.66. The zero-order valence-electron chi connectivity index (χ0n) is 18.2. The Morgan fingerprint density at radius 1 is 1.03 bits per heavy atom. The summed E-state index contributed by atoms with van der Waals surface area (Å²) in [7, 11) is 4.72. The van der Waals surface area contributed by atoms with Crippen molar-refractivity contribution in [1.29, 1.82) is 0 Å². The van der Waals surface area contributed by atoms with E-state index in [1.165, 1.54) is 4.90 Å². The number of methoxy groups -OCH3 is 3. The van der Waals surface area contributed by atoms with Crippen molar-refractivity contribution in [3.05, 3.63) is 64.7 Å². The number of benzene rings is 2. The van der Waals surface area contributed by atoms with Crippen LogP contribution >= 0.6 is 0 Å². The van der Waals surface area contributed by atoms with Crippen LogP contribution in [-0.2, 0) is 14.3 Å². The maximum atomic E-state index is 13.0. The zero-order valence-corrected chi connectivity index (χ0v) is 18.2. The van der Waals surface area contributed by atoms with E-state index in [4.69, 9.17) is 14.2 Å². The zero-order chi connectivity index (χ0) is 22.5. The van der Waals surface area contributed by atoms with Gasteiger partial charge in [0.05, 0.1) is 25.8 Å². The molecule has 2 aromatic rings. The molecule has 1 saturated heterocycles. The van der Waals surface area contributed by atoms with Crippen molar-refractivity contribution in [2.45, 2.75) is 19.4 Å². The highest BCUT2D eigenvalue weighted by atomic mass is 16.5. The van der Waals surface area contributed by atoms with Crippen LogP contribution in [0.25, 0.3) is 5.76 Å². The van der Waals surface area contributed by atoms with E-state index >= 15 is 0 Å². The molecule has 0 spiro atoms. The average Bonchev–Trinajstić information content (AvgIpc) is 3.03. The van der Waals surface area contributed by atoms with Gasteiger partial charge >= 0.3 is 0 Å². The van der Waals surface area contributed by atoms with E-state index < -0.39 is 17.7 Å². The first-order valence-corrected chi connectivity index (χ1v) is 9.99. The molecule has 31 heavy (non-hydrogen) atoms. The van der Waals surface area contributed by atoms with E-state index in [0.29, 0.717) is 42.2 Å². The molecule has 1 aliphatic rings. The van der Waals surface area contributed by atoms with Gasteiger partial charge in [0, 0.05) is 25.8 Å². The number of amides is 1. The predicted octanol–water partition coefficient (Wildman–Crippen LogP) is 3.47. The molecule has 0 saturated carbocycles. The maximum Gasteiger partial charge on any atom is 0.295 e. The summed E-state index contributed by atoms with van der Waals surface area (Å²) in [5, 5.41) is 11.1. The number of hydrogen-bond donors (Lipinski definition) is 1. The van der Waals surface area contributed by atoms with Crippen molar-refractivity contribution in [1.82, 2.24) is 4.90 Å². The number of nitrogens with zero attached hydrogens (tertiary/aromatic N) is 1. The molecule has 1 amide bonds. The molecule has 164 valence electrons. The fraction of sp³-hybridized carbons (Fsp3) is 0.333. The fourth-order valence-electron chi connectivity index (χ4n) is 3.80. The van der Waals surface area contributed by atoms with Crippen LogP contribution in [-0.4, -0.2) is 56.2 Å². The Morgan fingerprint density at radius 2 is 1.74 bits per heavy atom. The lowest BCUT2D eigenvalue weighted by Crippen LogP contribution is -2.31. The minimum Gasteiger partial charge on any atom is -0.507 e. The van der Waals surface area contributed by atoms with Crippen LogP contribution in [0.5, 0.6) is 11.5 Å². The molecule has 0 aliphatic carbocycles. The Morgan fingerprint density at radius 3 is 2.32 bits per heavy atom. The molecule has 2 aromatic carbocycles. The lowest BCUT2D eigenvalue weighted by molar-refractivity contribution is -0.140. The predicted molar refractivity (Wildman–Crippen MR) is 116 cm³/mol. The molecular formula is C24H27NO6. The molecule has 0 radical (unpaired) electrons. The van der Waals surface area contributed by atoms with E-state index in [9.17, 15) is 14.7 Å². The minimum absolute atomic E-state index is 0.0668. The number of ketones is 1. The van der Waals surface area contributed by atoms with Gasteiger partial charge in [-0.25, -0.2) is 0 Å². The number of aliphatic hydroxyl groups is 1. The van der Waals surface area contributed by atoms with Crippen molar-refractivity contribution < 1.29 is 28.9 Å². The molecule has 7 nitrogen and oxygen atoms in total. The van der Waals surface area contributed by atoms with Gasteiger partial charge in [0.15, 0.2) is 0 Å². The number of Topliss-reactive ketones (excluding diaryl/α,β-unsaturated/α-hetero) is 1.